The summed E-state index contributed by atoms with van der Waals surface area (Å²) in [6, 6.07) is 12.9. The van der Waals surface area contributed by atoms with Gasteiger partial charge in [0.05, 0.1) is 22.9 Å². The number of rotatable bonds is 4. The smallest absolute Gasteiger partial charge is 0.354 e. The number of fused-ring (bicyclic) bond motifs is 3. The third-order valence-corrected chi connectivity index (χ3v) is 7.10. The molecule has 0 saturated heterocycles. The van der Waals surface area contributed by atoms with E-state index in [1.165, 1.54) is 22.8 Å². The lowest BCUT2D eigenvalue weighted by Crippen LogP contribution is -2.26. The summed E-state index contributed by atoms with van der Waals surface area (Å²) in [5, 5.41) is 0. The van der Waals surface area contributed by atoms with E-state index in [9.17, 15) is 18.0 Å². The van der Waals surface area contributed by atoms with Gasteiger partial charge in [0.2, 0.25) is 9.84 Å². The second-order valence-corrected chi connectivity index (χ2v) is 9.06. The van der Waals surface area contributed by atoms with Crippen LogP contribution in [0.3, 0.4) is 0 Å². The maximum absolute atomic E-state index is 13.1. The first-order valence-electron chi connectivity index (χ1n) is 9.76. The van der Waals surface area contributed by atoms with E-state index in [-0.39, 0.29) is 16.4 Å². The first kappa shape index (κ1) is 20.2. The number of hydrogen-bond acceptors (Lipinski definition) is 5. The van der Waals surface area contributed by atoms with E-state index >= 15 is 0 Å². The van der Waals surface area contributed by atoms with Crippen LogP contribution >= 0.6 is 0 Å². The van der Waals surface area contributed by atoms with E-state index in [0.29, 0.717) is 36.5 Å². The Morgan fingerprint density at radius 1 is 1.13 bits per heavy atom. The predicted octanol–water partition coefficient (Wildman–Crippen LogP) is 2.81. The summed E-state index contributed by atoms with van der Waals surface area (Å²) < 4.78 is 34.6. The molecular weight excluding hydrogens is 404 g/mol. The Morgan fingerprint density at radius 2 is 1.87 bits per heavy atom. The van der Waals surface area contributed by atoms with Gasteiger partial charge in [-0.05, 0) is 55.7 Å². The second-order valence-electron chi connectivity index (χ2n) is 7.14. The summed E-state index contributed by atoms with van der Waals surface area (Å²) in [5.74, 6) is -0.416. The number of ether oxygens (including phenoxy) is 1. The Labute approximate surface area is 174 Å². The number of carbonyl (C=O) groups is 1. The van der Waals surface area contributed by atoms with Gasteiger partial charge in [-0.3, -0.25) is 4.79 Å². The summed E-state index contributed by atoms with van der Waals surface area (Å²) >= 11 is 0. The molecule has 0 amide bonds. The van der Waals surface area contributed by atoms with Crippen molar-refractivity contribution >= 4 is 15.8 Å². The topological polar surface area (TPSA) is 87.4 Å². The molecule has 3 aromatic rings. The van der Waals surface area contributed by atoms with Crippen LogP contribution < -0.4 is 5.56 Å². The van der Waals surface area contributed by atoms with Crippen molar-refractivity contribution in [1.29, 1.82) is 0 Å². The van der Waals surface area contributed by atoms with Crippen LogP contribution in [0.15, 0.2) is 63.1 Å². The number of sulfone groups is 1. The SMILES string of the molecule is CCOC(=O)c1ccc2n1CCCc1cc(S(=O)(=O)c3ccccc3)c(=O)n(C)c1-2. The molecule has 0 saturated carbocycles. The van der Waals surface area contributed by atoms with Crippen LogP contribution in [0.1, 0.15) is 29.4 Å². The van der Waals surface area contributed by atoms with Crippen molar-refractivity contribution in [2.45, 2.75) is 36.1 Å². The van der Waals surface area contributed by atoms with Crippen LogP contribution in [0.25, 0.3) is 11.4 Å². The van der Waals surface area contributed by atoms with Crippen molar-refractivity contribution in [1.82, 2.24) is 9.13 Å². The standard InChI is InChI=1S/C22H22N2O5S/c1-3-29-22(26)18-12-11-17-20-15(8-7-13-24(17)18)14-19(21(25)23(20)2)30(27,28)16-9-5-4-6-10-16/h4-6,9-12,14H,3,7-8,13H2,1-2H3. The number of aromatic nitrogens is 2. The van der Waals surface area contributed by atoms with E-state index in [0.717, 1.165) is 5.56 Å². The maximum Gasteiger partial charge on any atom is 0.354 e. The molecular formula is C22H22N2O5S. The molecule has 3 heterocycles. The number of pyridine rings is 1. The van der Waals surface area contributed by atoms with Gasteiger partial charge in [0.1, 0.15) is 10.6 Å². The van der Waals surface area contributed by atoms with Gasteiger partial charge in [-0.1, -0.05) is 18.2 Å². The third-order valence-electron chi connectivity index (χ3n) is 5.34. The molecule has 0 radical (unpaired) electrons. The van der Waals surface area contributed by atoms with Gasteiger partial charge in [-0.25, -0.2) is 13.2 Å². The highest BCUT2D eigenvalue weighted by molar-refractivity contribution is 7.91. The molecule has 0 bridgehead atoms. The van der Waals surface area contributed by atoms with Crippen LogP contribution in [0.2, 0.25) is 0 Å². The fourth-order valence-corrected chi connectivity index (χ4v) is 5.38. The normalized spacial score (nSPS) is 13.3. The number of esters is 1. The first-order chi connectivity index (χ1) is 14.4. The molecule has 2 aromatic heterocycles. The van der Waals surface area contributed by atoms with Gasteiger partial charge in [0.15, 0.2) is 0 Å². The van der Waals surface area contributed by atoms with Crippen molar-refractivity contribution in [3.8, 4) is 11.4 Å². The molecule has 0 atom stereocenters. The largest absolute Gasteiger partial charge is 0.461 e. The van der Waals surface area contributed by atoms with Crippen molar-refractivity contribution in [2.75, 3.05) is 6.61 Å². The zero-order chi connectivity index (χ0) is 21.5. The third kappa shape index (κ3) is 3.17. The van der Waals surface area contributed by atoms with Crippen molar-refractivity contribution in [3.05, 3.63) is 70.1 Å². The van der Waals surface area contributed by atoms with E-state index in [2.05, 4.69) is 0 Å². The Hall–Kier alpha value is -3.13. The highest BCUT2D eigenvalue weighted by atomic mass is 32.2. The van der Waals surface area contributed by atoms with Crippen molar-refractivity contribution in [3.63, 3.8) is 0 Å². The number of benzene rings is 1. The Balaban J connectivity index is 1.91. The van der Waals surface area contributed by atoms with Gasteiger partial charge in [0.25, 0.3) is 5.56 Å². The molecule has 4 rings (SSSR count). The summed E-state index contributed by atoms with van der Waals surface area (Å²) in [4.78, 5) is 25.3. The van der Waals surface area contributed by atoms with E-state index in [1.54, 1.807) is 44.3 Å². The molecule has 156 valence electrons. The molecule has 0 fully saturated rings. The molecule has 7 nitrogen and oxygen atoms in total. The van der Waals surface area contributed by atoms with E-state index in [1.807, 2.05) is 4.57 Å². The fraction of sp³-hybridized carbons (Fsp3) is 0.273. The van der Waals surface area contributed by atoms with Crippen LogP contribution in [-0.4, -0.2) is 30.1 Å². The molecule has 30 heavy (non-hydrogen) atoms. The van der Waals surface area contributed by atoms with Gasteiger partial charge >= 0.3 is 5.97 Å². The van der Waals surface area contributed by atoms with E-state index in [4.69, 9.17) is 4.74 Å². The molecule has 0 unspecified atom stereocenters. The quantitative estimate of drug-likeness (QED) is 0.599. The highest BCUT2D eigenvalue weighted by Gasteiger charge is 2.28. The number of hydrogen-bond donors (Lipinski definition) is 0. The van der Waals surface area contributed by atoms with Gasteiger partial charge in [-0.15, -0.1) is 0 Å². The average Bonchev–Trinajstić information content (AvgIpc) is 3.06. The Kier molecular flexibility index (Phi) is 5.11. The molecule has 1 aliphatic rings. The summed E-state index contributed by atoms with van der Waals surface area (Å²) in [6.45, 7) is 2.59. The monoisotopic (exact) mass is 426 g/mol. The summed E-state index contributed by atoms with van der Waals surface area (Å²) in [6.07, 6.45) is 1.29. The lowest BCUT2D eigenvalue weighted by molar-refractivity contribution is 0.0514. The van der Waals surface area contributed by atoms with Crippen LogP contribution in [0, 0.1) is 0 Å². The number of aryl methyl sites for hydroxylation is 1. The minimum Gasteiger partial charge on any atom is -0.461 e. The molecule has 1 aliphatic heterocycles. The number of nitrogens with zero attached hydrogens (tertiary/aromatic N) is 2. The first-order valence-corrected chi connectivity index (χ1v) is 11.2. The zero-order valence-electron chi connectivity index (χ0n) is 16.8. The average molecular weight is 426 g/mol. The van der Waals surface area contributed by atoms with Gasteiger partial charge in [0, 0.05) is 13.6 Å². The van der Waals surface area contributed by atoms with Crippen molar-refractivity contribution in [2.24, 2.45) is 7.05 Å². The highest BCUT2D eigenvalue weighted by Crippen LogP contribution is 2.32. The van der Waals surface area contributed by atoms with Crippen molar-refractivity contribution < 1.29 is 17.9 Å². The summed E-state index contributed by atoms with van der Waals surface area (Å²) in [5.41, 5.74) is 1.92. The second kappa shape index (κ2) is 7.60. The lowest BCUT2D eigenvalue weighted by atomic mass is 10.1. The predicted molar refractivity (Wildman–Crippen MR) is 111 cm³/mol. The molecule has 0 spiro atoms. The molecule has 0 aliphatic carbocycles. The Morgan fingerprint density at radius 3 is 2.57 bits per heavy atom. The van der Waals surface area contributed by atoms with Gasteiger partial charge in [-0.2, -0.15) is 0 Å². The molecule has 1 aromatic carbocycles. The van der Waals surface area contributed by atoms with Crippen LogP contribution in [0.5, 0.6) is 0 Å². The lowest BCUT2D eigenvalue weighted by Gasteiger charge is -2.16. The minimum atomic E-state index is -3.94. The molecule has 0 N–H and O–H groups in total. The number of carbonyl (C=O) groups excluding carboxylic acids is 1. The minimum absolute atomic E-state index is 0.0867. The zero-order valence-corrected chi connectivity index (χ0v) is 17.6. The van der Waals surface area contributed by atoms with Crippen LogP contribution in [-0.2, 0) is 34.6 Å². The Bertz CT molecular complexity index is 1290. The van der Waals surface area contributed by atoms with Crippen LogP contribution in [0.4, 0.5) is 0 Å². The fourth-order valence-electron chi connectivity index (χ4n) is 3.94. The summed E-state index contributed by atoms with van der Waals surface area (Å²) in [7, 11) is -2.38. The molecule has 8 heteroatoms. The van der Waals surface area contributed by atoms with Gasteiger partial charge < -0.3 is 13.9 Å². The van der Waals surface area contributed by atoms with E-state index < -0.39 is 21.4 Å². The maximum atomic E-state index is 13.1.